The molecule has 0 rings (SSSR count). The first-order valence-electron chi connectivity index (χ1n) is 6.25. The number of amides is 1. The SMILES string of the molecule is CCN(CC)C(CNC(=O)CN)CC(C)C.Cl.Cl. The quantitative estimate of drug-likeness (QED) is 0.717. The lowest BCUT2D eigenvalue weighted by Crippen LogP contribution is -2.45. The molecule has 18 heavy (non-hydrogen) atoms. The van der Waals surface area contributed by atoms with Gasteiger partial charge >= 0.3 is 0 Å². The van der Waals surface area contributed by atoms with Crippen LogP contribution < -0.4 is 11.1 Å². The fraction of sp³-hybridized carbons (Fsp3) is 0.917. The molecule has 3 N–H and O–H groups in total. The maximum absolute atomic E-state index is 11.1. The van der Waals surface area contributed by atoms with Crippen molar-refractivity contribution in [3.05, 3.63) is 0 Å². The van der Waals surface area contributed by atoms with Crippen LogP contribution in [0, 0.1) is 5.92 Å². The molecule has 0 fully saturated rings. The van der Waals surface area contributed by atoms with Gasteiger partial charge in [0.05, 0.1) is 6.54 Å². The van der Waals surface area contributed by atoms with Crippen LogP contribution in [0.1, 0.15) is 34.1 Å². The molecule has 1 atom stereocenters. The van der Waals surface area contributed by atoms with Crippen LogP contribution in [0.4, 0.5) is 0 Å². The lowest BCUT2D eigenvalue weighted by molar-refractivity contribution is -0.120. The molecule has 1 amide bonds. The van der Waals surface area contributed by atoms with Crippen LogP contribution >= 0.6 is 24.8 Å². The van der Waals surface area contributed by atoms with E-state index in [1.807, 2.05) is 0 Å². The molecule has 0 aromatic heterocycles. The van der Waals surface area contributed by atoms with Crippen LogP contribution in [-0.2, 0) is 4.79 Å². The standard InChI is InChI=1S/C12H27N3O.2ClH/c1-5-15(6-2)11(7-10(3)4)9-14-12(16)8-13;;/h10-11H,5-9,13H2,1-4H3,(H,14,16);2*1H. The molecule has 0 spiro atoms. The Morgan fingerprint density at radius 2 is 1.72 bits per heavy atom. The number of nitrogens with two attached hydrogens (primary N) is 1. The summed E-state index contributed by atoms with van der Waals surface area (Å²) in [6, 6.07) is 0.422. The van der Waals surface area contributed by atoms with Gasteiger partial charge in [-0.3, -0.25) is 9.69 Å². The lowest BCUT2D eigenvalue weighted by Gasteiger charge is -2.31. The Morgan fingerprint density at radius 1 is 1.22 bits per heavy atom. The number of hydrogen-bond donors (Lipinski definition) is 2. The fourth-order valence-electron chi connectivity index (χ4n) is 1.95. The zero-order valence-corrected chi connectivity index (χ0v) is 13.6. The second-order valence-electron chi connectivity index (χ2n) is 4.51. The van der Waals surface area contributed by atoms with Gasteiger partial charge in [-0.05, 0) is 25.4 Å². The molecule has 0 aliphatic rings. The van der Waals surface area contributed by atoms with Crippen LogP contribution in [0.25, 0.3) is 0 Å². The van der Waals surface area contributed by atoms with Crippen LogP contribution in [0.15, 0.2) is 0 Å². The average molecular weight is 302 g/mol. The highest BCUT2D eigenvalue weighted by Gasteiger charge is 2.17. The molecule has 1 unspecified atom stereocenters. The van der Waals surface area contributed by atoms with E-state index in [1.54, 1.807) is 0 Å². The van der Waals surface area contributed by atoms with Crippen molar-refractivity contribution in [1.82, 2.24) is 10.2 Å². The smallest absolute Gasteiger partial charge is 0.233 e. The second-order valence-corrected chi connectivity index (χ2v) is 4.51. The topological polar surface area (TPSA) is 58.4 Å². The molecule has 0 aliphatic carbocycles. The van der Waals surface area contributed by atoms with Gasteiger partial charge in [0, 0.05) is 12.6 Å². The number of likely N-dealkylation sites (N-methyl/N-ethyl adjacent to an activating group) is 1. The summed E-state index contributed by atoms with van der Waals surface area (Å²) < 4.78 is 0. The van der Waals surface area contributed by atoms with E-state index in [2.05, 4.69) is 37.9 Å². The maximum atomic E-state index is 11.1. The summed E-state index contributed by atoms with van der Waals surface area (Å²) in [5.74, 6) is 0.571. The predicted octanol–water partition coefficient (Wildman–Crippen LogP) is 1.66. The van der Waals surface area contributed by atoms with Gasteiger partial charge in [0.1, 0.15) is 0 Å². The second kappa shape index (κ2) is 13.4. The molecule has 0 aliphatic heterocycles. The first kappa shape index (κ1) is 23.1. The van der Waals surface area contributed by atoms with Gasteiger partial charge in [-0.2, -0.15) is 0 Å². The van der Waals surface area contributed by atoms with E-state index < -0.39 is 0 Å². The van der Waals surface area contributed by atoms with E-state index >= 15 is 0 Å². The Morgan fingerprint density at radius 3 is 2.06 bits per heavy atom. The Kier molecular flexibility index (Phi) is 17.2. The van der Waals surface area contributed by atoms with E-state index in [1.165, 1.54) is 0 Å². The molecule has 0 aromatic carbocycles. The minimum Gasteiger partial charge on any atom is -0.353 e. The molecular formula is C12H29Cl2N3O. The Balaban J connectivity index is -0.00000112. The van der Waals surface area contributed by atoms with Gasteiger partial charge < -0.3 is 11.1 Å². The number of halogens is 2. The molecule has 0 radical (unpaired) electrons. The fourth-order valence-corrected chi connectivity index (χ4v) is 1.95. The van der Waals surface area contributed by atoms with Gasteiger partial charge in [-0.15, -0.1) is 24.8 Å². The normalized spacial score (nSPS) is 11.7. The monoisotopic (exact) mass is 301 g/mol. The van der Waals surface area contributed by atoms with Gasteiger partial charge in [-0.1, -0.05) is 27.7 Å². The number of nitrogens with one attached hydrogen (secondary N) is 1. The highest BCUT2D eigenvalue weighted by atomic mass is 35.5. The number of hydrogen-bond acceptors (Lipinski definition) is 3. The van der Waals surface area contributed by atoms with Crippen molar-refractivity contribution in [2.75, 3.05) is 26.2 Å². The van der Waals surface area contributed by atoms with Crippen molar-refractivity contribution < 1.29 is 4.79 Å². The molecule has 0 heterocycles. The van der Waals surface area contributed by atoms with Crippen molar-refractivity contribution in [3.63, 3.8) is 0 Å². The third-order valence-electron chi connectivity index (χ3n) is 2.79. The molecule has 4 nitrogen and oxygen atoms in total. The molecule has 0 aromatic rings. The number of carbonyl (C=O) groups excluding carboxylic acids is 1. The summed E-state index contributed by atoms with van der Waals surface area (Å²) in [6.07, 6.45) is 1.10. The van der Waals surface area contributed by atoms with E-state index in [-0.39, 0.29) is 37.3 Å². The summed E-state index contributed by atoms with van der Waals surface area (Å²) >= 11 is 0. The first-order chi connectivity index (χ1) is 7.54. The lowest BCUT2D eigenvalue weighted by atomic mass is 10.0. The van der Waals surface area contributed by atoms with Gasteiger partial charge in [0.25, 0.3) is 0 Å². The Hall–Kier alpha value is -0.0300. The molecule has 112 valence electrons. The van der Waals surface area contributed by atoms with Crippen molar-refractivity contribution in [1.29, 1.82) is 0 Å². The number of nitrogens with zero attached hydrogens (tertiary/aromatic N) is 1. The van der Waals surface area contributed by atoms with Gasteiger partial charge in [-0.25, -0.2) is 0 Å². The largest absolute Gasteiger partial charge is 0.353 e. The van der Waals surface area contributed by atoms with E-state index in [0.29, 0.717) is 18.5 Å². The third kappa shape index (κ3) is 9.95. The van der Waals surface area contributed by atoms with E-state index in [9.17, 15) is 4.79 Å². The van der Waals surface area contributed by atoms with Crippen molar-refractivity contribution >= 4 is 30.7 Å². The highest BCUT2D eigenvalue weighted by molar-refractivity contribution is 5.85. The Bertz CT molecular complexity index is 200. The van der Waals surface area contributed by atoms with E-state index in [4.69, 9.17) is 5.73 Å². The summed E-state index contributed by atoms with van der Waals surface area (Å²) in [5.41, 5.74) is 5.27. The van der Waals surface area contributed by atoms with Crippen LogP contribution in [0.5, 0.6) is 0 Å². The zero-order valence-electron chi connectivity index (χ0n) is 11.9. The van der Waals surface area contributed by atoms with Crippen molar-refractivity contribution in [2.45, 2.75) is 40.2 Å². The summed E-state index contributed by atoms with van der Waals surface area (Å²) in [7, 11) is 0. The van der Waals surface area contributed by atoms with Crippen LogP contribution in [0.3, 0.4) is 0 Å². The van der Waals surface area contributed by atoms with Crippen molar-refractivity contribution in [3.8, 4) is 0 Å². The zero-order chi connectivity index (χ0) is 12.6. The summed E-state index contributed by atoms with van der Waals surface area (Å²) in [4.78, 5) is 13.5. The molecular weight excluding hydrogens is 273 g/mol. The van der Waals surface area contributed by atoms with Crippen LogP contribution in [-0.4, -0.2) is 43.0 Å². The number of carbonyl (C=O) groups is 1. The van der Waals surface area contributed by atoms with Crippen LogP contribution in [0.2, 0.25) is 0 Å². The van der Waals surface area contributed by atoms with Gasteiger partial charge in [0.2, 0.25) is 5.91 Å². The molecule has 6 heteroatoms. The van der Waals surface area contributed by atoms with Crippen molar-refractivity contribution in [2.24, 2.45) is 11.7 Å². The predicted molar refractivity (Wildman–Crippen MR) is 82.7 cm³/mol. The van der Waals surface area contributed by atoms with Gasteiger partial charge in [0.15, 0.2) is 0 Å². The number of rotatable bonds is 8. The minimum absolute atomic E-state index is 0. The summed E-state index contributed by atoms with van der Waals surface area (Å²) in [6.45, 7) is 11.5. The Labute approximate surface area is 124 Å². The third-order valence-corrected chi connectivity index (χ3v) is 2.79. The minimum atomic E-state index is -0.0686. The molecule has 0 saturated heterocycles. The molecule has 0 saturated carbocycles. The maximum Gasteiger partial charge on any atom is 0.233 e. The van der Waals surface area contributed by atoms with E-state index in [0.717, 1.165) is 19.5 Å². The average Bonchev–Trinajstić information content (AvgIpc) is 2.26. The summed E-state index contributed by atoms with van der Waals surface area (Å²) in [5, 5.41) is 2.88. The molecule has 0 bridgehead atoms. The first-order valence-corrected chi connectivity index (χ1v) is 6.25. The highest BCUT2D eigenvalue weighted by Crippen LogP contribution is 2.10.